The van der Waals surface area contributed by atoms with Crippen molar-refractivity contribution in [3.8, 4) is 5.75 Å². The second-order valence-corrected chi connectivity index (χ2v) is 4.16. The number of anilines is 1. The van der Waals surface area contributed by atoms with Gasteiger partial charge in [-0.1, -0.05) is 0 Å². The van der Waals surface area contributed by atoms with E-state index in [1.54, 1.807) is 0 Å². The molecule has 1 aromatic carbocycles. The number of rotatable bonds is 3. The van der Waals surface area contributed by atoms with E-state index in [9.17, 15) is 0 Å². The van der Waals surface area contributed by atoms with Crippen LogP contribution in [0.4, 0.5) is 5.69 Å². The molecule has 0 radical (unpaired) electrons. The quantitative estimate of drug-likeness (QED) is 0.728. The molecule has 1 aliphatic carbocycles. The monoisotopic (exact) mass is 191 g/mol. The van der Waals surface area contributed by atoms with Crippen LogP contribution in [0.5, 0.6) is 5.75 Å². The lowest BCUT2D eigenvalue weighted by atomic mass is 10.2. The Balaban J connectivity index is 2.17. The van der Waals surface area contributed by atoms with Gasteiger partial charge in [-0.15, -0.1) is 0 Å². The molecular weight excluding hydrogens is 174 g/mol. The van der Waals surface area contributed by atoms with E-state index in [0.29, 0.717) is 6.10 Å². The van der Waals surface area contributed by atoms with Gasteiger partial charge >= 0.3 is 0 Å². The van der Waals surface area contributed by atoms with Gasteiger partial charge in [0.15, 0.2) is 0 Å². The van der Waals surface area contributed by atoms with E-state index in [0.717, 1.165) is 5.75 Å². The van der Waals surface area contributed by atoms with Crippen LogP contribution in [0.25, 0.3) is 0 Å². The molecule has 1 aromatic rings. The Kier molecular flexibility index (Phi) is 2.36. The van der Waals surface area contributed by atoms with Crippen LogP contribution < -0.4 is 9.64 Å². The van der Waals surface area contributed by atoms with Gasteiger partial charge in [-0.05, 0) is 43.5 Å². The highest BCUT2D eigenvalue weighted by Gasteiger charge is 2.24. The summed E-state index contributed by atoms with van der Waals surface area (Å²) in [6.07, 6.45) is 2.92. The number of nitrogens with zero attached hydrogens (tertiary/aromatic N) is 1. The Labute approximate surface area is 85.5 Å². The van der Waals surface area contributed by atoms with Crippen molar-refractivity contribution in [1.29, 1.82) is 0 Å². The Morgan fingerprint density at radius 1 is 1.29 bits per heavy atom. The highest BCUT2D eigenvalue weighted by Crippen LogP contribution is 2.30. The summed E-state index contributed by atoms with van der Waals surface area (Å²) in [7, 11) is 4.10. The third-order valence-electron chi connectivity index (χ3n) is 2.49. The zero-order chi connectivity index (χ0) is 10.1. The molecule has 2 heteroatoms. The Bertz CT molecular complexity index is 329. The van der Waals surface area contributed by atoms with Gasteiger partial charge in [0.05, 0.1) is 6.10 Å². The summed E-state index contributed by atoms with van der Waals surface area (Å²) in [5, 5.41) is 0. The molecule has 1 aliphatic rings. The van der Waals surface area contributed by atoms with Gasteiger partial charge in [0, 0.05) is 19.8 Å². The number of hydrogen-bond donors (Lipinski definition) is 0. The Hall–Kier alpha value is -1.18. The predicted octanol–water partition coefficient (Wildman–Crippen LogP) is 2.60. The molecule has 1 fully saturated rings. The Morgan fingerprint density at radius 3 is 2.50 bits per heavy atom. The van der Waals surface area contributed by atoms with Crippen LogP contribution in [0.1, 0.15) is 18.4 Å². The fraction of sp³-hybridized carbons (Fsp3) is 0.500. The molecule has 2 nitrogen and oxygen atoms in total. The summed E-state index contributed by atoms with van der Waals surface area (Å²) in [6, 6.07) is 6.34. The van der Waals surface area contributed by atoms with E-state index < -0.39 is 0 Å². The molecule has 0 aromatic heterocycles. The van der Waals surface area contributed by atoms with Crippen LogP contribution in [0.15, 0.2) is 18.2 Å². The van der Waals surface area contributed by atoms with Crippen LogP contribution in [-0.2, 0) is 0 Å². The summed E-state index contributed by atoms with van der Waals surface area (Å²) in [4.78, 5) is 2.11. The first kappa shape index (κ1) is 9.38. The molecule has 1 saturated carbocycles. The molecule has 0 unspecified atom stereocenters. The highest BCUT2D eigenvalue weighted by atomic mass is 16.5. The summed E-state index contributed by atoms with van der Waals surface area (Å²) in [5.74, 6) is 1.04. The van der Waals surface area contributed by atoms with Crippen molar-refractivity contribution in [2.24, 2.45) is 0 Å². The molecular formula is C12H17NO. The molecule has 0 heterocycles. The average Bonchev–Trinajstić information content (AvgIpc) is 2.92. The zero-order valence-electron chi connectivity index (χ0n) is 9.08. The normalized spacial score (nSPS) is 15.4. The molecule has 0 spiro atoms. The standard InChI is InChI=1S/C12H17NO/c1-9-8-10(13(2)3)4-7-12(9)14-11-5-6-11/h4,7-8,11H,5-6H2,1-3H3. The van der Waals surface area contributed by atoms with E-state index in [-0.39, 0.29) is 0 Å². The second-order valence-electron chi connectivity index (χ2n) is 4.16. The number of ether oxygens (including phenoxy) is 1. The molecule has 14 heavy (non-hydrogen) atoms. The summed E-state index contributed by atoms with van der Waals surface area (Å²) in [6.45, 7) is 2.10. The van der Waals surface area contributed by atoms with Crippen molar-refractivity contribution in [2.45, 2.75) is 25.9 Å². The van der Waals surface area contributed by atoms with Crippen molar-refractivity contribution in [2.75, 3.05) is 19.0 Å². The van der Waals surface area contributed by atoms with Crippen LogP contribution in [0.3, 0.4) is 0 Å². The Morgan fingerprint density at radius 2 is 2.00 bits per heavy atom. The van der Waals surface area contributed by atoms with Crippen LogP contribution >= 0.6 is 0 Å². The summed E-state index contributed by atoms with van der Waals surface area (Å²) < 4.78 is 5.77. The average molecular weight is 191 g/mol. The largest absolute Gasteiger partial charge is 0.490 e. The van der Waals surface area contributed by atoms with Crippen LogP contribution in [-0.4, -0.2) is 20.2 Å². The van der Waals surface area contributed by atoms with Gasteiger partial charge in [0.2, 0.25) is 0 Å². The lowest BCUT2D eigenvalue weighted by molar-refractivity contribution is 0.301. The molecule has 0 saturated heterocycles. The molecule has 0 amide bonds. The molecule has 2 rings (SSSR count). The molecule has 0 atom stereocenters. The molecule has 0 bridgehead atoms. The fourth-order valence-corrected chi connectivity index (χ4v) is 1.41. The first-order valence-electron chi connectivity index (χ1n) is 5.11. The minimum Gasteiger partial charge on any atom is -0.490 e. The van der Waals surface area contributed by atoms with Gasteiger partial charge in [-0.2, -0.15) is 0 Å². The van der Waals surface area contributed by atoms with E-state index in [1.165, 1.54) is 24.1 Å². The van der Waals surface area contributed by atoms with Crippen LogP contribution in [0, 0.1) is 6.92 Å². The molecule has 76 valence electrons. The lowest BCUT2D eigenvalue weighted by Gasteiger charge is -2.15. The topological polar surface area (TPSA) is 12.5 Å². The van der Waals surface area contributed by atoms with Crippen molar-refractivity contribution in [3.05, 3.63) is 23.8 Å². The third-order valence-corrected chi connectivity index (χ3v) is 2.49. The second kappa shape index (κ2) is 3.52. The van der Waals surface area contributed by atoms with Crippen molar-refractivity contribution < 1.29 is 4.74 Å². The summed E-state index contributed by atoms with van der Waals surface area (Å²) >= 11 is 0. The van der Waals surface area contributed by atoms with Gasteiger partial charge < -0.3 is 9.64 Å². The van der Waals surface area contributed by atoms with Crippen LogP contribution in [0.2, 0.25) is 0 Å². The van der Waals surface area contributed by atoms with Crippen molar-refractivity contribution >= 4 is 5.69 Å². The summed E-state index contributed by atoms with van der Waals surface area (Å²) in [5.41, 5.74) is 2.45. The molecule has 0 aliphatic heterocycles. The number of hydrogen-bond acceptors (Lipinski definition) is 2. The third kappa shape index (κ3) is 2.00. The maximum Gasteiger partial charge on any atom is 0.122 e. The highest BCUT2D eigenvalue weighted by molar-refractivity contribution is 5.51. The van der Waals surface area contributed by atoms with Gasteiger partial charge in [0.1, 0.15) is 5.75 Å². The maximum absolute atomic E-state index is 5.77. The van der Waals surface area contributed by atoms with Crippen molar-refractivity contribution in [3.63, 3.8) is 0 Å². The lowest BCUT2D eigenvalue weighted by Crippen LogP contribution is -2.09. The zero-order valence-corrected chi connectivity index (χ0v) is 9.08. The van der Waals surface area contributed by atoms with E-state index in [4.69, 9.17) is 4.74 Å². The smallest absolute Gasteiger partial charge is 0.122 e. The van der Waals surface area contributed by atoms with Gasteiger partial charge in [-0.3, -0.25) is 0 Å². The van der Waals surface area contributed by atoms with Gasteiger partial charge in [0.25, 0.3) is 0 Å². The van der Waals surface area contributed by atoms with Gasteiger partial charge in [-0.25, -0.2) is 0 Å². The number of benzene rings is 1. The minimum atomic E-state index is 0.485. The van der Waals surface area contributed by atoms with E-state index in [1.807, 2.05) is 0 Å². The van der Waals surface area contributed by atoms with E-state index >= 15 is 0 Å². The SMILES string of the molecule is Cc1cc(N(C)C)ccc1OC1CC1. The first-order valence-corrected chi connectivity index (χ1v) is 5.11. The fourth-order valence-electron chi connectivity index (χ4n) is 1.41. The predicted molar refractivity (Wildman–Crippen MR) is 59.2 cm³/mol. The number of aryl methyl sites for hydroxylation is 1. The molecule has 0 N–H and O–H groups in total. The maximum atomic E-state index is 5.77. The van der Waals surface area contributed by atoms with E-state index in [2.05, 4.69) is 44.1 Å². The first-order chi connectivity index (χ1) is 6.66. The van der Waals surface area contributed by atoms with Crippen molar-refractivity contribution in [1.82, 2.24) is 0 Å². The minimum absolute atomic E-state index is 0.485.